The van der Waals surface area contributed by atoms with Crippen LogP contribution in [-0.2, 0) is 22.6 Å². The van der Waals surface area contributed by atoms with Gasteiger partial charge in [0.25, 0.3) is 0 Å². The Morgan fingerprint density at radius 3 is 2.74 bits per heavy atom. The molecule has 0 saturated heterocycles. The molecule has 0 fully saturated rings. The van der Waals surface area contributed by atoms with Crippen molar-refractivity contribution in [3.8, 4) is 0 Å². The van der Waals surface area contributed by atoms with Crippen molar-refractivity contribution in [2.75, 3.05) is 27.4 Å². The smallest absolute Gasteiger partial charge is 0.373 e. The number of rotatable bonds is 8. The Hall–Kier alpha value is -2.18. The predicted molar refractivity (Wildman–Crippen MR) is 82.4 cm³/mol. The summed E-state index contributed by atoms with van der Waals surface area (Å²) in [7, 11) is 2.93. The molecular formula is C17H20FNO4. The van der Waals surface area contributed by atoms with Crippen LogP contribution < -0.4 is 0 Å². The molecule has 2 rings (SSSR count). The molecule has 0 amide bonds. The van der Waals surface area contributed by atoms with E-state index in [4.69, 9.17) is 9.15 Å². The second-order valence-corrected chi connectivity index (χ2v) is 5.09. The number of carbonyl (C=O) groups is 1. The second-order valence-electron chi connectivity index (χ2n) is 5.09. The van der Waals surface area contributed by atoms with Gasteiger partial charge in [0.15, 0.2) is 0 Å². The van der Waals surface area contributed by atoms with Crippen molar-refractivity contribution in [2.45, 2.75) is 13.1 Å². The fraction of sp³-hybridized carbons (Fsp3) is 0.353. The van der Waals surface area contributed by atoms with Crippen LogP contribution in [0.25, 0.3) is 0 Å². The molecule has 0 saturated carbocycles. The first-order chi connectivity index (χ1) is 11.1. The Kier molecular flexibility index (Phi) is 6.31. The van der Waals surface area contributed by atoms with Crippen LogP contribution in [0.3, 0.4) is 0 Å². The lowest BCUT2D eigenvalue weighted by Crippen LogP contribution is -2.26. The maximum atomic E-state index is 13.3. The molecule has 0 N–H and O–H groups in total. The van der Waals surface area contributed by atoms with E-state index in [1.54, 1.807) is 25.3 Å². The van der Waals surface area contributed by atoms with Gasteiger partial charge in [-0.25, -0.2) is 9.18 Å². The van der Waals surface area contributed by atoms with Gasteiger partial charge in [-0.2, -0.15) is 0 Å². The van der Waals surface area contributed by atoms with Crippen LogP contribution in [0.2, 0.25) is 0 Å². The molecule has 23 heavy (non-hydrogen) atoms. The van der Waals surface area contributed by atoms with Gasteiger partial charge in [-0.15, -0.1) is 0 Å². The summed E-state index contributed by atoms with van der Waals surface area (Å²) in [5.74, 6) is 0.0304. The summed E-state index contributed by atoms with van der Waals surface area (Å²) in [6, 6.07) is 9.78. The zero-order chi connectivity index (χ0) is 16.7. The van der Waals surface area contributed by atoms with E-state index < -0.39 is 5.97 Å². The normalized spacial score (nSPS) is 11.0. The highest BCUT2D eigenvalue weighted by Gasteiger charge is 2.14. The topological polar surface area (TPSA) is 51.9 Å². The number of carbonyl (C=O) groups excluding carboxylic acids is 1. The number of benzene rings is 1. The molecule has 0 aliphatic heterocycles. The monoisotopic (exact) mass is 321 g/mol. The summed E-state index contributed by atoms with van der Waals surface area (Å²) in [4.78, 5) is 13.5. The van der Waals surface area contributed by atoms with Crippen LogP contribution in [0.1, 0.15) is 21.9 Å². The highest BCUT2D eigenvalue weighted by Crippen LogP contribution is 2.14. The van der Waals surface area contributed by atoms with E-state index in [0.29, 0.717) is 32.0 Å². The number of ether oxygens (including phenoxy) is 2. The molecule has 1 aromatic heterocycles. The van der Waals surface area contributed by atoms with E-state index in [-0.39, 0.29) is 11.6 Å². The number of halogens is 1. The molecule has 6 heteroatoms. The molecule has 2 aromatic rings. The summed E-state index contributed by atoms with van der Waals surface area (Å²) in [6.45, 7) is 2.23. The Labute approximate surface area is 134 Å². The van der Waals surface area contributed by atoms with Crippen molar-refractivity contribution in [1.29, 1.82) is 0 Å². The minimum atomic E-state index is -0.509. The lowest BCUT2D eigenvalue weighted by Gasteiger charge is -2.21. The quantitative estimate of drug-likeness (QED) is 0.700. The standard InChI is InChI=1S/C17H20FNO4/c1-21-9-8-19(11-13-4-3-5-14(18)10-13)12-15-6-7-16(23-15)17(20)22-2/h3-7,10H,8-9,11-12H2,1-2H3. The number of methoxy groups -OCH3 is 2. The summed E-state index contributed by atoms with van der Waals surface area (Å²) in [6.07, 6.45) is 0. The van der Waals surface area contributed by atoms with Crippen LogP contribution in [0.4, 0.5) is 4.39 Å². The van der Waals surface area contributed by atoms with E-state index in [1.165, 1.54) is 19.2 Å². The van der Waals surface area contributed by atoms with Gasteiger partial charge in [0, 0.05) is 20.2 Å². The summed E-state index contributed by atoms with van der Waals surface area (Å²) in [5, 5.41) is 0. The molecule has 0 aliphatic carbocycles. The van der Waals surface area contributed by atoms with Gasteiger partial charge < -0.3 is 13.9 Å². The van der Waals surface area contributed by atoms with Crippen LogP contribution in [-0.4, -0.2) is 38.2 Å². The minimum absolute atomic E-state index is 0.167. The molecule has 0 bridgehead atoms. The Bertz CT molecular complexity index is 641. The minimum Gasteiger partial charge on any atom is -0.463 e. The number of hydrogen-bond acceptors (Lipinski definition) is 5. The van der Waals surface area contributed by atoms with Gasteiger partial charge in [-0.1, -0.05) is 12.1 Å². The average Bonchev–Trinajstić information content (AvgIpc) is 3.00. The fourth-order valence-electron chi connectivity index (χ4n) is 2.22. The Morgan fingerprint density at radius 2 is 2.04 bits per heavy atom. The molecule has 1 aromatic carbocycles. The first-order valence-corrected chi connectivity index (χ1v) is 7.25. The lowest BCUT2D eigenvalue weighted by molar-refractivity contribution is 0.0560. The lowest BCUT2D eigenvalue weighted by atomic mass is 10.2. The van der Waals surface area contributed by atoms with Crippen LogP contribution in [0, 0.1) is 5.82 Å². The first-order valence-electron chi connectivity index (χ1n) is 7.25. The summed E-state index contributed by atoms with van der Waals surface area (Å²) < 4.78 is 28.5. The van der Waals surface area contributed by atoms with Gasteiger partial charge >= 0.3 is 5.97 Å². The maximum Gasteiger partial charge on any atom is 0.373 e. The van der Waals surface area contributed by atoms with E-state index >= 15 is 0 Å². The Balaban J connectivity index is 2.05. The number of nitrogens with zero attached hydrogens (tertiary/aromatic N) is 1. The maximum absolute atomic E-state index is 13.3. The van der Waals surface area contributed by atoms with Crippen molar-refractivity contribution >= 4 is 5.97 Å². The molecular weight excluding hydrogens is 301 g/mol. The van der Waals surface area contributed by atoms with E-state index in [2.05, 4.69) is 9.64 Å². The summed E-state index contributed by atoms with van der Waals surface area (Å²) in [5.41, 5.74) is 0.862. The largest absolute Gasteiger partial charge is 0.463 e. The third-order valence-electron chi connectivity index (χ3n) is 3.33. The molecule has 0 spiro atoms. The van der Waals surface area contributed by atoms with E-state index in [9.17, 15) is 9.18 Å². The van der Waals surface area contributed by atoms with Crippen LogP contribution in [0.5, 0.6) is 0 Å². The van der Waals surface area contributed by atoms with Crippen LogP contribution >= 0.6 is 0 Å². The summed E-state index contributed by atoms with van der Waals surface area (Å²) >= 11 is 0. The van der Waals surface area contributed by atoms with Crippen molar-refractivity contribution in [2.24, 2.45) is 0 Å². The van der Waals surface area contributed by atoms with E-state index in [1.807, 2.05) is 6.07 Å². The van der Waals surface area contributed by atoms with Crippen molar-refractivity contribution in [3.63, 3.8) is 0 Å². The third kappa shape index (κ3) is 5.19. The van der Waals surface area contributed by atoms with Gasteiger partial charge in [0.2, 0.25) is 5.76 Å². The molecule has 1 heterocycles. The highest BCUT2D eigenvalue weighted by atomic mass is 19.1. The SMILES string of the molecule is COCCN(Cc1cccc(F)c1)Cc1ccc(C(=O)OC)o1. The molecule has 5 nitrogen and oxygen atoms in total. The van der Waals surface area contributed by atoms with E-state index in [0.717, 1.165) is 5.56 Å². The van der Waals surface area contributed by atoms with Crippen LogP contribution in [0.15, 0.2) is 40.8 Å². The number of esters is 1. The number of furan rings is 1. The third-order valence-corrected chi connectivity index (χ3v) is 3.33. The van der Waals surface area contributed by atoms with Gasteiger partial charge in [-0.3, -0.25) is 4.90 Å². The van der Waals surface area contributed by atoms with Crippen molar-refractivity contribution in [1.82, 2.24) is 4.90 Å². The highest BCUT2D eigenvalue weighted by molar-refractivity contribution is 5.86. The van der Waals surface area contributed by atoms with Gasteiger partial charge in [-0.05, 0) is 29.8 Å². The number of hydrogen-bond donors (Lipinski definition) is 0. The zero-order valence-electron chi connectivity index (χ0n) is 13.3. The molecule has 0 unspecified atom stereocenters. The Morgan fingerprint density at radius 1 is 1.22 bits per heavy atom. The fourth-order valence-corrected chi connectivity index (χ4v) is 2.22. The molecule has 0 atom stereocenters. The molecule has 124 valence electrons. The molecule has 0 radical (unpaired) electrons. The average molecular weight is 321 g/mol. The second kappa shape index (κ2) is 8.45. The van der Waals surface area contributed by atoms with Crippen molar-refractivity contribution < 1.29 is 23.1 Å². The van der Waals surface area contributed by atoms with Crippen molar-refractivity contribution in [3.05, 3.63) is 59.3 Å². The predicted octanol–water partition coefficient (Wildman–Crippen LogP) is 2.85. The zero-order valence-corrected chi connectivity index (χ0v) is 13.3. The van der Waals surface area contributed by atoms with Gasteiger partial charge in [0.1, 0.15) is 11.6 Å². The van der Waals surface area contributed by atoms with Gasteiger partial charge in [0.05, 0.1) is 20.3 Å². The molecule has 0 aliphatic rings. The first kappa shape index (κ1) is 17.2.